The second-order valence-corrected chi connectivity index (χ2v) is 5.68. The third-order valence-electron chi connectivity index (χ3n) is 4.36. The van der Waals surface area contributed by atoms with Crippen LogP contribution < -0.4 is 5.73 Å². The number of rotatable bonds is 3. The van der Waals surface area contributed by atoms with Crippen molar-refractivity contribution in [1.82, 2.24) is 4.90 Å². The van der Waals surface area contributed by atoms with Crippen LogP contribution in [0.15, 0.2) is 24.3 Å². The number of benzene rings is 1. The van der Waals surface area contributed by atoms with E-state index >= 15 is 0 Å². The van der Waals surface area contributed by atoms with Crippen LogP contribution in [0.25, 0.3) is 0 Å². The quantitative estimate of drug-likeness (QED) is 0.864. The normalized spacial score (nSPS) is 29.8. The molecule has 3 rings (SSSR count). The minimum Gasteiger partial charge on any atom is -0.326 e. The first-order valence-corrected chi connectivity index (χ1v) is 6.82. The van der Waals surface area contributed by atoms with E-state index in [2.05, 4.69) is 36.1 Å². The molecule has 2 heteroatoms. The van der Waals surface area contributed by atoms with Crippen LogP contribution in [0.1, 0.15) is 43.2 Å². The van der Waals surface area contributed by atoms with Crippen molar-refractivity contribution < 1.29 is 0 Å². The van der Waals surface area contributed by atoms with Crippen molar-refractivity contribution in [2.45, 2.75) is 50.7 Å². The van der Waals surface area contributed by atoms with E-state index in [4.69, 9.17) is 5.73 Å². The van der Waals surface area contributed by atoms with E-state index in [1.165, 1.54) is 24.0 Å². The topological polar surface area (TPSA) is 29.3 Å². The van der Waals surface area contributed by atoms with Crippen molar-refractivity contribution in [2.75, 3.05) is 6.54 Å². The number of hydrogen-bond donors (Lipinski definition) is 1. The number of likely N-dealkylation sites (tertiary alicyclic amines) is 1. The highest BCUT2D eigenvalue weighted by Gasteiger charge is 2.27. The first-order chi connectivity index (χ1) is 8.24. The van der Waals surface area contributed by atoms with Crippen molar-refractivity contribution in [3.63, 3.8) is 0 Å². The Kier molecular flexibility index (Phi) is 2.93. The number of hydrogen-bond acceptors (Lipinski definition) is 2. The lowest BCUT2D eigenvalue weighted by Crippen LogP contribution is -2.36. The van der Waals surface area contributed by atoms with Crippen molar-refractivity contribution >= 4 is 0 Å². The maximum Gasteiger partial charge on any atom is 0.0237 e. The fraction of sp³-hybridized carbons (Fsp3) is 0.600. The smallest absolute Gasteiger partial charge is 0.0237 e. The first-order valence-electron chi connectivity index (χ1n) is 6.82. The van der Waals surface area contributed by atoms with Gasteiger partial charge < -0.3 is 5.73 Å². The fourth-order valence-corrected chi connectivity index (χ4v) is 2.80. The van der Waals surface area contributed by atoms with Crippen molar-refractivity contribution in [3.8, 4) is 0 Å². The van der Waals surface area contributed by atoms with E-state index < -0.39 is 0 Å². The Labute approximate surface area is 104 Å². The van der Waals surface area contributed by atoms with Crippen LogP contribution in [-0.2, 0) is 6.54 Å². The minimum absolute atomic E-state index is 0.362. The average molecular weight is 230 g/mol. The zero-order chi connectivity index (χ0) is 11.8. The number of nitrogens with two attached hydrogens (primary N) is 1. The van der Waals surface area contributed by atoms with Gasteiger partial charge in [0, 0.05) is 25.2 Å². The molecule has 2 atom stereocenters. The van der Waals surface area contributed by atoms with Gasteiger partial charge in [-0.15, -0.1) is 0 Å². The van der Waals surface area contributed by atoms with Crippen molar-refractivity contribution in [2.24, 2.45) is 5.73 Å². The minimum atomic E-state index is 0.362. The van der Waals surface area contributed by atoms with Gasteiger partial charge in [0.25, 0.3) is 0 Å². The summed E-state index contributed by atoms with van der Waals surface area (Å²) in [6.07, 6.45) is 3.91. The molecule has 1 saturated carbocycles. The lowest BCUT2D eigenvalue weighted by molar-refractivity contribution is 0.251. The highest BCUT2D eigenvalue weighted by atomic mass is 15.2. The predicted molar refractivity (Wildman–Crippen MR) is 70.9 cm³/mol. The van der Waals surface area contributed by atoms with Gasteiger partial charge in [0.2, 0.25) is 0 Å². The molecular weight excluding hydrogens is 208 g/mol. The summed E-state index contributed by atoms with van der Waals surface area (Å²) >= 11 is 0. The molecule has 0 bridgehead atoms. The van der Waals surface area contributed by atoms with E-state index in [0.717, 1.165) is 25.4 Å². The molecule has 2 nitrogen and oxygen atoms in total. The Hall–Kier alpha value is -0.860. The Morgan fingerprint density at radius 3 is 2.41 bits per heavy atom. The van der Waals surface area contributed by atoms with E-state index in [9.17, 15) is 0 Å². The molecule has 1 heterocycles. The molecular formula is C15H22N2. The Balaban J connectivity index is 1.64. The maximum absolute atomic E-state index is 6.05. The molecule has 2 fully saturated rings. The summed E-state index contributed by atoms with van der Waals surface area (Å²) in [5, 5.41) is 0. The molecule has 17 heavy (non-hydrogen) atoms. The Bertz CT molecular complexity index is 380. The van der Waals surface area contributed by atoms with Gasteiger partial charge in [-0.25, -0.2) is 0 Å². The summed E-state index contributed by atoms with van der Waals surface area (Å²) in [6, 6.07) is 10.1. The SMILES string of the molecule is CC1C(N)CCN1Cc1ccc(C2CC2)cc1. The second-order valence-electron chi connectivity index (χ2n) is 5.68. The van der Waals surface area contributed by atoms with Gasteiger partial charge in [0.15, 0.2) is 0 Å². The van der Waals surface area contributed by atoms with E-state index in [0.29, 0.717) is 12.1 Å². The monoisotopic (exact) mass is 230 g/mol. The molecule has 0 amide bonds. The summed E-state index contributed by atoms with van der Waals surface area (Å²) in [5.41, 5.74) is 9.01. The zero-order valence-corrected chi connectivity index (χ0v) is 10.6. The van der Waals surface area contributed by atoms with Gasteiger partial charge in [-0.3, -0.25) is 4.90 Å². The van der Waals surface area contributed by atoms with Crippen molar-refractivity contribution in [1.29, 1.82) is 0 Å². The first kappa shape index (κ1) is 11.2. The van der Waals surface area contributed by atoms with Gasteiger partial charge in [-0.05, 0) is 43.2 Å². The summed E-state index contributed by atoms with van der Waals surface area (Å²) in [5.74, 6) is 0.864. The van der Waals surface area contributed by atoms with Crippen LogP contribution in [0.3, 0.4) is 0 Å². The van der Waals surface area contributed by atoms with Crippen LogP contribution in [0.2, 0.25) is 0 Å². The van der Waals surface area contributed by atoms with Gasteiger partial charge in [-0.2, -0.15) is 0 Å². The van der Waals surface area contributed by atoms with Gasteiger partial charge in [-0.1, -0.05) is 24.3 Å². The molecule has 2 N–H and O–H groups in total. The molecule has 1 aromatic carbocycles. The average Bonchev–Trinajstić information content (AvgIpc) is 3.14. The van der Waals surface area contributed by atoms with Gasteiger partial charge in [0.05, 0.1) is 0 Å². The van der Waals surface area contributed by atoms with Gasteiger partial charge >= 0.3 is 0 Å². The summed E-state index contributed by atoms with van der Waals surface area (Å²) in [6.45, 7) is 4.45. The molecule has 2 unspecified atom stereocenters. The largest absolute Gasteiger partial charge is 0.326 e. The summed E-state index contributed by atoms with van der Waals surface area (Å²) in [4.78, 5) is 2.50. The molecule has 2 aliphatic rings. The molecule has 0 aromatic heterocycles. The molecule has 1 saturated heterocycles. The summed E-state index contributed by atoms with van der Waals surface area (Å²) < 4.78 is 0. The Morgan fingerprint density at radius 2 is 1.88 bits per heavy atom. The molecule has 1 aliphatic carbocycles. The highest BCUT2D eigenvalue weighted by Crippen LogP contribution is 2.39. The van der Waals surface area contributed by atoms with Crippen LogP contribution in [0.4, 0.5) is 0 Å². The van der Waals surface area contributed by atoms with E-state index in [1.807, 2.05) is 0 Å². The van der Waals surface area contributed by atoms with Crippen molar-refractivity contribution in [3.05, 3.63) is 35.4 Å². The van der Waals surface area contributed by atoms with Crippen LogP contribution >= 0.6 is 0 Å². The molecule has 0 spiro atoms. The predicted octanol–water partition coefficient (Wildman–Crippen LogP) is 2.49. The molecule has 0 radical (unpaired) electrons. The second kappa shape index (κ2) is 4.43. The standard InChI is InChI=1S/C15H22N2/c1-11-15(16)8-9-17(11)10-12-2-4-13(5-3-12)14-6-7-14/h2-5,11,14-15H,6-10,16H2,1H3. The van der Waals surface area contributed by atoms with Gasteiger partial charge in [0.1, 0.15) is 0 Å². The maximum atomic E-state index is 6.05. The van der Waals surface area contributed by atoms with Crippen LogP contribution in [0.5, 0.6) is 0 Å². The van der Waals surface area contributed by atoms with Crippen LogP contribution in [0, 0.1) is 0 Å². The highest BCUT2D eigenvalue weighted by molar-refractivity contribution is 5.28. The fourth-order valence-electron chi connectivity index (χ4n) is 2.80. The zero-order valence-electron chi connectivity index (χ0n) is 10.6. The Morgan fingerprint density at radius 1 is 1.18 bits per heavy atom. The molecule has 92 valence electrons. The lowest BCUT2D eigenvalue weighted by atomic mass is 10.1. The third-order valence-corrected chi connectivity index (χ3v) is 4.36. The van der Waals surface area contributed by atoms with Crippen LogP contribution in [-0.4, -0.2) is 23.5 Å². The molecule has 1 aliphatic heterocycles. The summed E-state index contributed by atoms with van der Waals surface area (Å²) in [7, 11) is 0. The number of nitrogens with zero attached hydrogens (tertiary/aromatic N) is 1. The molecule has 1 aromatic rings. The third kappa shape index (κ3) is 2.38. The van der Waals surface area contributed by atoms with E-state index in [-0.39, 0.29) is 0 Å². The van der Waals surface area contributed by atoms with E-state index in [1.54, 1.807) is 0 Å². The lowest BCUT2D eigenvalue weighted by Gasteiger charge is -2.23.